The lowest BCUT2D eigenvalue weighted by molar-refractivity contribution is -0.132. The number of nitrogens with one attached hydrogen (secondary N) is 1. The molecule has 7 heteroatoms. The Hall–Kier alpha value is -2.28. The van der Waals surface area contributed by atoms with E-state index in [-0.39, 0.29) is 5.91 Å². The van der Waals surface area contributed by atoms with Crippen LogP contribution in [0, 0.1) is 0 Å². The van der Waals surface area contributed by atoms with Crippen LogP contribution in [0.4, 0.5) is 0 Å². The van der Waals surface area contributed by atoms with Gasteiger partial charge in [0, 0.05) is 45.8 Å². The molecule has 0 aromatic carbocycles. The van der Waals surface area contributed by atoms with Crippen LogP contribution in [0.25, 0.3) is 0 Å². The molecule has 0 unspecified atom stereocenters. The van der Waals surface area contributed by atoms with Crippen molar-refractivity contribution in [3.8, 4) is 0 Å². The molecule has 0 bridgehead atoms. The van der Waals surface area contributed by atoms with Crippen LogP contribution in [0.1, 0.15) is 24.2 Å². The third-order valence-electron chi connectivity index (χ3n) is 4.22. The molecular weight excluding hydrogens is 280 g/mol. The normalized spacial score (nSPS) is 21.9. The molecule has 1 N–H and O–H groups in total. The monoisotopic (exact) mass is 300 g/mol. The average molecular weight is 300 g/mol. The maximum atomic E-state index is 12.7. The van der Waals surface area contributed by atoms with E-state index in [1.807, 2.05) is 19.3 Å². The molecule has 1 aliphatic heterocycles. The van der Waals surface area contributed by atoms with Crippen LogP contribution < -0.4 is 5.32 Å². The number of carbonyl (C=O) groups is 1. The molecule has 1 saturated heterocycles. The van der Waals surface area contributed by atoms with E-state index in [1.54, 1.807) is 30.3 Å². The van der Waals surface area contributed by atoms with Crippen LogP contribution in [0.2, 0.25) is 0 Å². The molecule has 1 aliphatic rings. The second-order valence-corrected chi connectivity index (χ2v) is 5.54. The number of nitrogens with zero attached hydrogens (tertiary/aromatic N) is 5. The van der Waals surface area contributed by atoms with Crippen molar-refractivity contribution in [3.05, 3.63) is 42.2 Å². The lowest BCUT2D eigenvalue weighted by Crippen LogP contribution is -2.52. The first-order valence-corrected chi connectivity index (χ1v) is 7.39. The van der Waals surface area contributed by atoms with Gasteiger partial charge in [0.15, 0.2) is 0 Å². The SMILES string of the molecule is CNC(=O)[C@]1(c2cnccn2)CCCN1Cc1ccn(C)n1. The summed E-state index contributed by atoms with van der Waals surface area (Å²) in [6.07, 6.45) is 8.53. The zero-order chi connectivity index (χ0) is 15.6. The van der Waals surface area contributed by atoms with Gasteiger partial charge in [-0.1, -0.05) is 0 Å². The molecular formula is C15H20N6O. The van der Waals surface area contributed by atoms with E-state index < -0.39 is 5.54 Å². The van der Waals surface area contributed by atoms with Crippen LogP contribution in [-0.2, 0) is 23.9 Å². The lowest BCUT2D eigenvalue weighted by atomic mass is 9.90. The van der Waals surface area contributed by atoms with Crippen LogP contribution in [0.5, 0.6) is 0 Å². The fraction of sp³-hybridized carbons (Fsp3) is 0.467. The lowest BCUT2D eigenvalue weighted by Gasteiger charge is -2.35. The first-order valence-electron chi connectivity index (χ1n) is 7.39. The maximum absolute atomic E-state index is 12.7. The van der Waals surface area contributed by atoms with Crippen molar-refractivity contribution in [2.45, 2.75) is 24.9 Å². The molecule has 2 aromatic rings. The number of carbonyl (C=O) groups excluding carboxylic acids is 1. The Balaban J connectivity index is 1.98. The van der Waals surface area contributed by atoms with Gasteiger partial charge in [0.05, 0.1) is 17.6 Å². The van der Waals surface area contributed by atoms with Crippen molar-refractivity contribution in [3.63, 3.8) is 0 Å². The molecule has 0 spiro atoms. The van der Waals surface area contributed by atoms with Gasteiger partial charge in [-0.05, 0) is 18.9 Å². The van der Waals surface area contributed by atoms with Gasteiger partial charge in [-0.2, -0.15) is 5.10 Å². The fourth-order valence-corrected chi connectivity index (χ4v) is 3.21. The summed E-state index contributed by atoms with van der Waals surface area (Å²) in [7, 11) is 3.56. The van der Waals surface area contributed by atoms with E-state index in [0.717, 1.165) is 25.1 Å². The summed E-state index contributed by atoms with van der Waals surface area (Å²) in [4.78, 5) is 23.4. The summed E-state index contributed by atoms with van der Waals surface area (Å²) in [6, 6.07) is 1.98. The predicted octanol–water partition coefficient (Wildman–Crippen LogP) is 0.447. The molecule has 22 heavy (non-hydrogen) atoms. The second kappa shape index (κ2) is 5.84. The third kappa shape index (κ3) is 2.37. The van der Waals surface area contributed by atoms with Gasteiger partial charge in [-0.15, -0.1) is 0 Å². The van der Waals surface area contributed by atoms with Gasteiger partial charge in [0.1, 0.15) is 5.54 Å². The van der Waals surface area contributed by atoms with E-state index in [9.17, 15) is 4.79 Å². The molecule has 2 aromatic heterocycles. The van der Waals surface area contributed by atoms with E-state index in [1.165, 1.54) is 0 Å². The van der Waals surface area contributed by atoms with E-state index in [4.69, 9.17) is 0 Å². The van der Waals surface area contributed by atoms with Crippen molar-refractivity contribution in [1.82, 2.24) is 30.0 Å². The maximum Gasteiger partial charge on any atom is 0.246 e. The average Bonchev–Trinajstić information content (AvgIpc) is 3.15. The molecule has 1 amide bonds. The number of aryl methyl sites for hydroxylation is 1. The van der Waals surface area contributed by atoms with Gasteiger partial charge in [0.2, 0.25) is 5.91 Å². The summed E-state index contributed by atoms with van der Waals surface area (Å²) in [6.45, 7) is 1.45. The van der Waals surface area contributed by atoms with Crippen LogP contribution >= 0.6 is 0 Å². The Morgan fingerprint density at radius 2 is 2.32 bits per heavy atom. The Morgan fingerprint density at radius 1 is 1.45 bits per heavy atom. The summed E-state index contributed by atoms with van der Waals surface area (Å²) < 4.78 is 1.77. The standard InChI is InChI=1S/C15H20N6O/c1-16-14(22)15(13-10-17-6-7-18-13)5-3-8-21(15)11-12-4-9-20(2)19-12/h4,6-7,9-10H,3,5,8,11H2,1-2H3,(H,16,22)/t15-/m1/s1. The molecule has 1 fully saturated rings. The minimum Gasteiger partial charge on any atom is -0.357 e. The molecule has 116 valence electrons. The predicted molar refractivity (Wildman–Crippen MR) is 80.6 cm³/mol. The molecule has 0 aliphatic carbocycles. The molecule has 1 atom stereocenters. The first kappa shape index (κ1) is 14.6. The topological polar surface area (TPSA) is 75.9 Å². The Kier molecular flexibility index (Phi) is 3.89. The number of amides is 1. The molecule has 3 rings (SSSR count). The number of hydrogen-bond acceptors (Lipinski definition) is 5. The van der Waals surface area contributed by atoms with E-state index in [2.05, 4.69) is 25.3 Å². The zero-order valence-corrected chi connectivity index (χ0v) is 12.9. The Bertz CT molecular complexity index is 655. The number of aromatic nitrogens is 4. The molecule has 0 radical (unpaired) electrons. The molecule has 0 saturated carbocycles. The van der Waals surface area contributed by atoms with Crippen molar-refractivity contribution >= 4 is 5.91 Å². The number of likely N-dealkylation sites (N-methyl/N-ethyl adjacent to an activating group) is 1. The van der Waals surface area contributed by atoms with E-state index >= 15 is 0 Å². The summed E-state index contributed by atoms with van der Waals surface area (Å²) in [5, 5.41) is 7.22. The number of likely N-dealkylation sites (tertiary alicyclic amines) is 1. The summed E-state index contributed by atoms with van der Waals surface area (Å²) in [5.74, 6) is -0.0403. The minimum absolute atomic E-state index is 0.0403. The van der Waals surface area contributed by atoms with Gasteiger partial charge in [0.25, 0.3) is 0 Å². The van der Waals surface area contributed by atoms with Gasteiger partial charge in [-0.25, -0.2) is 0 Å². The van der Waals surface area contributed by atoms with Crippen molar-refractivity contribution < 1.29 is 4.79 Å². The zero-order valence-electron chi connectivity index (χ0n) is 12.9. The highest BCUT2D eigenvalue weighted by Crippen LogP contribution is 2.38. The third-order valence-corrected chi connectivity index (χ3v) is 4.22. The second-order valence-electron chi connectivity index (χ2n) is 5.54. The summed E-state index contributed by atoms with van der Waals surface area (Å²) in [5.41, 5.74) is 0.880. The van der Waals surface area contributed by atoms with E-state index in [0.29, 0.717) is 12.2 Å². The smallest absolute Gasteiger partial charge is 0.246 e. The van der Waals surface area contributed by atoms with Gasteiger partial charge in [-0.3, -0.25) is 24.3 Å². The summed E-state index contributed by atoms with van der Waals surface area (Å²) >= 11 is 0. The highest BCUT2D eigenvalue weighted by Gasteiger charge is 2.49. The fourth-order valence-electron chi connectivity index (χ4n) is 3.21. The highest BCUT2D eigenvalue weighted by molar-refractivity contribution is 5.87. The number of hydrogen-bond donors (Lipinski definition) is 1. The largest absolute Gasteiger partial charge is 0.357 e. The van der Waals surface area contributed by atoms with Crippen molar-refractivity contribution in [2.75, 3.05) is 13.6 Å². The Morgan fingerprint density at radius 3 is 2.95 bits per heavy atom. The Labute approximate surface area is 129 Å². The first-order chi connectivity index (χ1) is 10.7. The number of rotatable bonds is 4. The minimum atomic E-state index is -0.763. The van der Waals surface area contributed by atoms with Crippen LogP contribution in [0.15, 0.2) is 30.9 Å². The van der Waals surface area contributed by atoms with Crippen LogP contribution in [-0.4, -0.2) is 44.1 Å². The van der Waals surface area contributed by atoms with Crippen molar-refractivity contribution in [2.24, 2.45) is 7.05 Å². The molecule has 3 heterocycles. The highest BCUT2D eigenvalue weighted by atomic mass is 16.2. The van der Waals surface area contributed by atoms with Gasteiger partial charge < -0.3 is 5.32 Å². The van der Waals surface area contributed by atoms with Crippen molar-refractivity contribution in [1.29, 1.82) is 0 Å². The molecule has 7 nitrogen and oxygen atoms in total. The van der Waals surface area contributed by atoms with Gasteiger partial charge >= 0.3 is 0 Å². The van der Waals surface area contributed by atoms with Crippen LogP contribution in [0.3, 0.4) is 0 Å². The quantitative estimate of drug-likeness (QED) is 0.887.